The van der Waals surface area contributed by atoms with E-state index in [1.807, 2.05) is 39.0 Å². The van der Waals surface area contributed by atoms with Gasteiger partial charge in [0.05, 0.1) is 11.6 Å². The third-order valence-electron chi connectivity index (χ3n) is 6.54. The van der Waals surface area contributed by atoms with Gasteiger partial charge in [0.15, 0.2) is 0 Å². The molecule has 1 heterocycles. The van der Waals surface area contributed by atoms with E-state index in [0.717, 1.165) is 37.9 Å². The molecule has 2 aromatic carbocycles. The number of hydrogen-bond acceptors (Lipinski definition) is 5. The quantitative estimate of drug-likeness (QED) is 0.348. The second-order valence-corrected chi connectivity index (χ2v) is 11.6. The molecule has 1 saturated heterocycles. The molecule has 2 N–H and O–H groups in total. The summed E-state index contributed by atoms with van der Waals surface area (Å²) in [6.45, 7) is 11.8. The van der Waals surface area contributed by atoms with E-state index in [0.29, 0.717) is 23.7 Å². The van der Waals surface area contributed by atoms with Crippen molar-refractivity contribution in [2.45, 2.75) is 84.3 Å². The predicted octanol–water partition coefficient (Wildman–Crippen LogP) is 4.75. The Balaban J connectivity index is 1.73. The maximum absolute atomic E-state index is 13.6. The first-order chi connectivity index (χ1) is 18.0. The number of benzene rings is 2. The average Bonchev–Trinajstić information content (AvgIpc) is 2.87. The Labute approximate surface area is 227 Å². The van der Waals surface area contributed by atoms with Gasteiger partial charge in [-0.1, -0.05) is 50.6 Å². The van der Waals surface area contributed by atoms with Gasteiger partial charge in [-0.2, -0.15) is 0 Å². The lowest BCUT2D eigenvalue weighted by molar-refractivity contribution is -0.133. The molecule has 0 radical (unpaired) electrons. The summed E-state index contributed by atoms with van der Waals surface area (Å²) < 4.78 is 5.48. The number of amides is 2. The maximum Gasteiger partial charge on any atom is 0.343 e. The number of nitrogens with one attached hydrogen (secondary N) is 2. The molecule has 38 heavy (non-hydrogen) atoms. The largest absolute Gasteiger partial charge is 0.423 e. The first kappa shape index (κ1) is 29.4. The first-order valence-electron chi connectivity index (χ1n) is 13.7. The van der Waals surface area contributed by atoms with E-state index in [1.54, 1.807) is 36.4 Å². The summed E-state index contributed by atoms with van der Waals surface area (Å²) in [5, 5.41) is 6.10. The van der Waals surface area contributed by atoms with Crippen molar-refractivity contribution in [3.63, 3.8) is 0 Å². The van der Waals surface area contributed by atoms with Gasteiger partial charge in [0, 0.05) is 12.0 Å². The van der Waals surface area contributed by atoms with Crippen LogP contribution in [0.4, 0.5) is 0 Å². The number of rotatable bonds is 10. The van der Waals surface area contributed by atoms with Crippen molar-refractivity contribution in [3.05, 3.63) is 65.7 Å². The molecular formula is C31H43N3O4. The summed E-state index contributed by atoms with van der Waals surface area (Å²) >= 11 is 0. The van der Waals surface area contributed by atoms with Gasteiger partial charge in [0.1, 0.15) is 11.8 Å². The highest BCUT2D eigenvalue weighted by Crippen LogP contribution is 2.19. The number of hydrogen-bond donors (Lipinski definition) is 2. The van der Waals surface area contributed by atoms with Crippen molar-refractivity contribution in [1.82, 2.24) is 15.5 Å². The van der Waals surface area contributed by atoms with Gasteiger partial charge in [0.2, 0.25) is 11.8 Å². The fraction of sp³-hybridized carbons (Fsp3) is 0.516. The van der Waals surface area contributed by atoms with E-state index in [2.05, 4.69) is 29.4 Å². The molecule has 3 rings (SSSR count). The van der Waals surface area contributed by atoms with Crippen molar-refractivity contribution in [2.24, 2.45) is 5.92 Å². The van der Waals surface area contributed by atoms with Crippen LogP contribution in [0.1, 0.15) is 76.2 Å². The van der Waals surface area contributed by atoms with Crippen molar-refractivity contribution >= 4 is 17.8 Å². The molecule has 1 fully saturated rings. The molecule has 1 aliphatic heterocycles. The van der Waals surface area contributed by atoms with Crippen LogP contribution in [0.2, 0.25) is 0 Å². The van der Waals surface area contributed by atoms with Crippen LogP contribution in [-0.2, 0) is 16.0 Å². The summed E-state index contributed by atoms with van der Waals surface area (Å²) in [7, 11) is 0. The number of carbonyl (C=O) groups is 3. The number of esters is 1. The van der Waals surface area contributed by atoms with Crippen LogP contribution in [0.5, 0.6) is 5.75 Å². The van der Waals surface area contributed by atoms with Crippen molar-refractivity contribution in [2.75, 3.05) is 13.1 Å². The van der Waals surface area contributed by atoms with Crippen LogP contribution in [0, 0.1) is 5.92 Å². The lowest BCUT2D eigenvalue weighted by atomic mass is 9.97. The van der Waals surface area contributed by atoms with Gasteiger partial charge in [0.25, 0.3) is 0 Å². The van der Waals surface area contributed by atoms with E-state index >= 15 is 0 Å². The van der Waals surface area contributed by atoms with E-state index < -0.39 is 17.6 Å². The van der Waals surface area contributed by atoms with Gasteiger partial charge in [-0.15, -0.1) is 0 Å². The normalized spacial score (nSPS) is 15.9. The zero-order valence-corrected chi connectivity index (χ0v) is 23.5. The van der Waals surface area contributed by atoms with Crippen LogP contribution in [0.15, 0.2) is 54.6 Å². The van der Waals surface area contributed by atoms with E-state index in [-0.39, 0.29) is 17.9 Å². The monoisotopic (exact) mass is 521 g/mol. The minimum absolute atomic E-state index is 0.0944. The highest BCUT2D eigenvalue weighted by Gasteiger charge is 2.32. The number of likely N-dealkylation sites (tertiary alicyclic amines) is 1. The summed E-state index contributed by atoms with van der Waals surface area (Å²) in [5.41, 5.74) is 0.903. The number of piperidine rings is 1. The standard InChI is InChI=1S/C31H43N3O4/c1-22(2)20-27(34-18-10-7-11-19-34)29(36)32-26(28(35)33-31(3,4)5)21-23-14-16-25(17-15-23)38-30(37)24-12-8-6-9-13-24/h6,8-9,12-17,22,26-27H,7,10-11,18-21H2,1-5H3,(H,32,36)(H,33,35)/t26-,27-/m0/s1. The molecule has 1 aliphatic rings. The smallest absolute Gasteiger partial charge is 0.343 e. The molecule has 2 aromatic rings. The minimum Gasteiger partial charge on any atom is -0.423 e. The topological polar surface area (TPSA) is 87.7 Å². The average molecular weight is 522 g/mol. The Hall–Kier alpha value is -3.19. The van der Waals surface area contributed by atoms with Crippen LogP contribution in [0.3, 0.4) is 0 Å². The predicted molar refractivity (Wildman–Crippen MR) is 150 cm³/mol. The molecular weight excluding hydrogens is 478 g/mol. The molecule has 0 aliphatic carbocycles. The Kier molecular flexibility index (Phi) is 10.5. The van der Waals surface area contributed by atoms with Crippen LogP contribution in [0.25, 0.3) is 0 Å². The molecule has 2 amide bonds. The van der Waals surface area contributed by atoms with Crippen molar-refractivity contribution < 1.29 is 19.1 Å². The van der Waals surface area contributed by atoms with Crippen molar-refractivity contribution in [3.8, 4) is 5.75 Å². The molecule has 0 unspecified atom stereocenters. The fourth-order valence-corrected chi connectivity index (χ4v) is 4.70. The van der Waals surface area contributed by atoms with Gasteiger partial charge >= 0.3 is 5.97 Å². The lowest BCUT2D eigenvalue weighted by Gasteiger charge is -2.35. The second kappa shape index (κ2) is 13.6. The highest BCUT2D eigenvalue weighted by atomic mass is 16.5. The summed E-state index contributed by atoms with van der Waals surface area (Å²) in [6, 6.07) is 14.9. The van der Waals surface area contributed by atoms with E-state index in [9.17, 15) is 14.4 Å². The Morgan fingerprint density at radius 3 is 2.11 bits per heavy atom. The lowest BCUT2D eigenvalue weighted by Crippen LogP contribution is -2.57. The second-order valence-electron chi connectivity index (χ2n) is 11.6. The van der Waals surface area contributed by atoms with Gasteiger partial charge in [-0.05, 0) is 88.9 Å². The zero-order valence-electron chi connectivity index (χ0n) is 23.5. The maximum atomic E-state index is 13.6. The van der Waals surface area contributed by atoms with Gasteiger partial charge in [-0.25, -0.2) is 4.79 Å². The van der Waals surface area contributed by atoms with Crippen LogP contribution < -0.4 is 15.4 Å². The van der Waals surface area contributed by atoms with Crippen molar-refractivity contribution in [1.29, 1.82) is 0 Å². The molecule has 0 bridgehead atoms. The molecule has 0 aromatic heterocycles. The summed E-state index contributed by atoms with van der Waals surface area (Å²) in [6.07, 6.45) is 4.46. The van der Waals surface area contributed by atoms with Crippen LogP contribution >= 0.6 is 0 Å². The van der Waals surface area contributed by atoms with Crippen LogP contribution in [-0.4, -0.2) is 53.4 Å². The van der Waals surface area contributed by atoms with Gasteiger partial charge < -0.3 is 15.4 Å². The third kappa shape index (κ3) is 9.28. The number of carbonyl (C=O) groups excluding carboxylic acids is 3. The molecule has 0 spiro atoms. The summed E-state index contributed by atoms with van der Waals surface area (Å²) in [5.74, 6) is 0.0440. The first-order valence-corrected chi connectivity index (χ1v) is 13.7. The Morgan fingerprint density at radius 1 is 0.895 bits per heavy atom. The highest BCUT2D eigenvalue weighted by molar-refractivity contribution is 5.91. The van der Waals surface area contributed by atoms with Gasteiger partial charge in [-0.3, -0.25) is 14.5 Å². The summed E-state index contributed by atoms with van der Waals surface area (Å²) in [4.78, 5) is 41.5. The fourth-order valence-electron chi connectivity index (χ4n) is 4.70. The minimum atomic E-state index is -0.723. The third-order valence-corrected chi connectivity index (χ3v) is 6.54. The van der Waals surface area contributed by atoms with E-state index in [4.69, 9.17) is 4.74 Å². The SMILES string of the molecule is CC(C)C[C@@H](C(=O)N[C@@H](Cc1ccc(OC(=O)c2ccccc2)cc1)C(=O)NC(C)(C)C)N1CCCCC1. The number of nitrogens with zero attached hydrogens (tertiary/aromatic N) is 1. The molecule has 206 valence electrons. The molecule has 0 saturated carbocycles. The Bertz CT molecular complexity index is 1050. The zero-order chi connectivity index (χ0) is 27.7. The Morgan fingerprint density at radius 2 is 1.53 bits per heavy atom. The van der Waals surface area contributed by atoms with E-state index in [1.165, 1.54) is 6.42 Å². The number of ether oxygens (including phenoxy) is 1. The molecule has 2 atom stereocenters. The molecule has 7 nitrogen and oxygen atoms in total. The molecule has 7 heteroatoms.